The zero-order valence-corrected chi connectivity index (χ0v) is 23.8. The normalized spacial score (nSPS) is 27.5. The van der Waals surface area contributed by atoms with Crippen molar-refractivity contribution in [2.45, 2.75) is 93.9 Å². The fourth-order valence-corrected chi connectivity index (χ4v) is 5.22. The molecule has 2 heterocycles. The van der Waals surface area contributed by atoms with E-state index in [0.29, 0.717) is 24.2 Å². The van der Waals surface area contributed by atoms with Gasteiger partial charge in [0.05, 0.1) is 13.2 Å². The highest BCUT2D eigenvalue weighted by Crippen LogP contribution is 2.51. The molecule has 40 heavy (non-hydrogen) atoms. The highest BCUT2D eigenvalue weighted by Gasteiger charge is 2.50. The van der Waals surface area contributed by atoms with Gasteiger partial charge in [-0.15, -0.1) is 0 Å². The van der Waals surface area contributed by atoms with E-state index in [9.17, 15) is 29.7 Å². The van der Waals surface area contributed by atoms with Crippen LogP contribution in [0.1, 0.15) is 56.8 Å². The van der Waals surface area contributed by atoms with Gasteiger partial charge in [0.15, 0.2) is 17.4 Å². The molecule has 1 aromatic heterocycles. The number of anilines is 2. The standard InChI is InChI=1S/C25H38N5O9P/c1-15-21(27-16-7-5-6-8-16)28-18(9-10-25(33)11-12-25)29-22(15)30(26-3)23-20(32)19(31)17(39-23)13-38-24(2,14-37-4)40(34,35)36/h16-17,19-20,23,31-33H,3,5-8,11-14H2,1-2,4H3,(H,27,28,29)(H2,34,35,36)/t17-,19-,20-,23-,24?/m1/s1. The van der Waals surface area contributed by atoms with Gasteiger partial charge in [-0.1, -0.05) is 18.8 Å². The van der Waals surface area contributed by atoms with E-state index in [-0.39, 0.29) is 17.7 Å². The Morgan fingerprint density at radius 1 is 1.27 bits per heavy atom. The molecule has 222 valence electrons. The number of hydrogen-bond acceptors (Lipinski definition) is 12. The molecule has 1 aromatic rings. The average molecular weight is 584 g/mol. The average Bonchev–Trinajstić information content (AvgIpc) is 3.28. The molecule has 3 aliphatic rings. The van der Waals surface area contributed by atoms with Gasteiger partial charge in [-0.25, -0.2) is 15.0 Å². The maximum absolute atomic E-state index is 12.0. The maximum Gasteiger partial charge on any atom is 0.359 e. The van der Waals surface area contributed by atoms with Gasteiger partial charge < -0.3 is 44.6 Å². The highest BCUT2D eigenvalue weighted by molar-refractivity contribution is 7.53. The molecule has 6 N–H and O–H groups in total. The lowest BCUT2D eigenvalue weighted by atomic mass is 10.1. The van der Waals surface area contributed by atoms with Gasteiger partial charge in [-0.2, -0.15) is 5.10 Å². The maximum atomic E-state index is 12.0. The molecule has 1 saturated heterocycles. The molecule has 15 heteroatoms. The number of hydrogen-bond donors (Lipinski definition) is 6. The van der Waals surface area contributed by atoms with Crippen LogP contribution in [0.5, 0.6) is 0 Å². The number of aromatic nitrogens is 2. The molecule has 0 radical (unpaired) electrons. The molecule has 4 rings (SSSR count). The van der Waals surface area contributed by atoms with E-state index in [1.165, 1.54) is 19.0 Å². The van der Waals surface area contributed by atoms with Crippen LogP contribution in [0.3, 0.4) is 0 Å². The summed E-state index contributed by atoms with van der Waals surface area (Å²) in [5.41, 5.74) is -0.467. The van der Waals surface area contributed by atoms with Crippen LogP contribution in [-0.4, -0.2) is 104 Å². The molecule has 1 unspecified atom stereocenters. The Kier molecular flexibility index (Phi) is 9.21. The van der Waals surface area contributed by atoms with E-state index in [2.05, 4.69) is 38.9 Å². The summed E-state index contributed by atoms with van der Waals surface area (Å²) in [6.45, 7) is 5.68. The molecule has 5 atom stereocenters. The van der Waals surface area contributed by atoms with Crippen molar-refractivity contribution in [3.63, 3.8) is 0 Å². The van der Waals surface area contributed by atoms with Crippen LogP contribution in [0.4, 0.5) is 11.6 Å². The lowest BCUT2D eigenvalue weighted by Crippen LogP contribution is -2.42. The second kappa shape index (κ2) is 12.0. The Labute approximate surface area is 232 Å². The quantitative estimate of drug-likeness (QED) is 0.0908. The largest absolute Gasteiger partial charge is 0.387 e. The first-order chi connectivity index (χ1) is 18.8. The molecule has 0 spiro atoms. The smallest absolute Gasteiger partial charge is 0.359 e. The first-order valence-corrected chi connectivity index (χ1v) is 14.8. The molecule has 1 aliphatic heterocycles. The zero-order valence-electron chi connectivity index (χ0n) is 22.9. The van der Waals surface area contributed by atoms with Crippen molar-refractivity contribution in [2.75, 3.05) is 30.6 Å². The molecule has 2 saturated carbocycles. The van der Waals surface area contributed by atoms with Gasteiger partial charge in [0.2, 0.25) is 5.82 Å². The summed E-state index contributed by atoms with van der Waals surface area (Å²) in [5, 5.41) is 38.5. The van der Waals surface area contributed by atoms with Crippen molar-refractivity contribution in [2.24, 2.45) is 5.10 Å². The van der Waals surface area contributed by atoms with Crippen LogP contribution in [0.2, 0.25) is 0 Å². The first kappa shape index (κ1) is 30.8. The topological polar surface area (TPSA) is 199 Å². The lowest BCUT2D eigenvalue weighted by Gasteiger charge is -2.31. The molecule has 3 fully saturated rings. The van der Waals surface area contributed by atoms with Gasteiger partial charge in [-0.05, 0) is 45.5 Å². The Morgan fingerprint density at radius 2 is 1.95 bits per heavy atom. The summed E-state index contributed by atoms with van der Waals surface area (Å²) in [7, 11) is -3.50. The van der Waals surface area contributed by atoms with E-state index in [1.807, 2.05) is 0 Å². The van der Waals surface area contributed by atoms with Crippen LogP contribution in [0.15, 0.2) is 5.10 Å². The molecular weight excluding hydrogens is 545 g/mol. The van der Waals surface area contributed by atoms with Crippen molar-refractivity contribution in [3.05, 3.63) is 11.4 Å². The fourth-order valence-electron chi connectivity index (χ4n) is 4.68. The Bertz CT molecular complexity index is 1190. The lowest BCUT2D eigenvalue weighted by molar-refractivity contribution is -0.0971. The van der Waals surface area contributed by atoms with Crippen LogP contribution in [0, 0.1) is 18.8 Å². The van der Waals surface area contributed by atoms with Crippen LogP contribution in [0.25, 0.3) is 0 Å². The first-order valence-electron chi connectivity index (χ1n) is 13.2. The number of rotatable bonds is 11. The molecule has 2 aliphatic carbocycles. The number of ether oxygens (including phenoxy) is 3. The monoisotopic (exact) mass is 583 g/mol. The summed E-state index contributed by atoms with van der Waals surface area (Å²) in [5.74, 6) is 6.49. The van der Waals surface area contributed by atoms with Crippen molar-refractivity contribution in [1.82, 2.24) is 9.97 Å². The van der Waals surface area contributed by atoms with Crippen molar-refractivity contribution < 1.29 is 43.9 Å². The second-order valence-electron chi connectivity index (χ2n) is 10.7. The number of nitrogens with zero attached hydrogens (tertiary/aromatic N) is 4. The minimum absolute atomic E-state index is 0.125. The fraction of sp³-hybridized carbons (Fsp3) is 0.720. The van der Waals surface area contributed by atoms with E-state index >= 15 is 0 Å². The number of nitrogens with one attached hydrogen (secondary N) is 1. The second-order valence-corrected chi connectivity index (χ2v) is 12.8. The van der Waals surface area contributed by atoms with E-state index in [4.69, 9.17) is 14.2 Å². The Balaban J connectivity index is 1.61. The Hall–Kier alpha value is -2.18. The van der Waals surface area contributed by atoms with Gasteiger partial charge in [0.25, 0.3) is 0 Å². The van der Waals surface area contributed by atoms with Gasteiger partial charge >= 0.3 is 7.60 Å². The number of aliphatic hydroxyl groups excluding tert-OH is 2. The van der Waals surface area contributed by atoms with Crippen molar-refractivity contribution in [3.8, 4) is 11.8 Å². The molecule has 0 aromatic carbocycles. The summed E-state index contributed by atoms with van der Waals surface area (Å²) >= 11 is 0. The molecule has 0 bridgehead atoms. The van der Waals surface area contributed by atoms with Gasteiger partial charge in [0, 0.05) is 25.4 Å². The SMILES string of the molecule is C=NN(c1nc(C#CC2(O)CC2)nc(NC2CCCC2)c1C)[C@@H]1O[C@H](COC(C)(COC)P(=O)(O)O)[C@@H](O)[C@H]1O. The number of aliphatic hydroxyl groups is 3. The summed E-state index contributed by atoms with van der Waals surface area (Å²) in [6.07, 6.45) is -0.130. The minimum Gasteiger partial charge on any atom is -0.387 e. The minimum atomic E-state index is -4.77. The van der Waals surface area contributed by atoms with E-state index in [1.54, 1.807) is 6.92 Å². The van der Waals surface area contributed by atoms with Gasteiger partial charge in [-0.3, -0.25) is 4.57 Å². The third-order valence-electron chi connectivity index (χ3n) is 7.48. The predicted molar refractivity (Wildman–Crippen MR) is 145 cm³/mol. The zero-order chi connectivity index (χ0) is 29.3. The third-order valence-corrected chi connectivity index (χ3v) is 8.97. The van der Waals surface area contributed by atoms with Crippen LogP contribution < -0.4 is 10.3 Å². The van der Waals surface area contributed by atoms with Crippen molar-refractivity contribution in [1.29, 1.82) is 0 Å². The highest BCUT2D eigenvalue weighted by atomic mass is 31.2. The Morgan fingerprint density at radius 3 is 2.52 bits per heavy atom. The van der Waals surface area contributed by atoms with Crippen molar-refractivity contribution >= 4 is 25.9 Å². The van der Waals surface area contributed by atoms with Crippen LogP contribution in [-0.2, 0) is 18.8 Å². The summed E-state index contributed by atoms with van der Waals surface area (Å²) in [4.78, 5) is 28.6. The van der Waals surface area contributed by atoms with E-state index < -0.39 is 56.3 Å². The summed E-state index contributed by atoms with van der Waals surface area (Å²) < 4.78 is 28.3. The molecule has 0 amide bonds. The molecular formula is C25H38N5O9P. The third kappa shape index (κ3) is 6.65. The number of methoxy groups -OCH3 is 1. The van der Waals surface area contributed by atoms with Crippen LogP contribution >= 0.6 is 7.60 Å². The van der Waals surface area contributed by atoms with E-state index in [0.717, 1.165) is 25.7 Å². The number of hydrazone groups is 1. The molecule has 14 nitrogen and oxygen atoms in total. The van der Waals surface area contributed by atoms with Gasteiger partial charge in [0.1, 0.15) is 29.7 Å². The predicted octanol–water partition coefficient (Wildman–Crippen LogP) is 0.442. The summed E-state index contributed by atoms with van der Waals surface area (Å²) in [6, 6.07) is 0.215.